The van der Waals surface area contributed by atoms with E-state index in [0.717, 1.165) is 52.0 Å². The summed E-state index contributed by atoms with van der Waals surface area (Å²) in [5.41, 5.74) is 0.240. The number of halogens is 2. The van der Waals surface area contributed by atoms with E-state index in [1.54, 1.807) is 0 Å². The van der Waals surface area contributed by atoms with Crippen molar-refractivity contribution in [3.63, 3.8) is 0 Å². The third-order valence-electron chi connectivity index (χ3n) is 6.71. The molecule has 6 nitrogen and oxygen atoms in total. The second-order valence-electron chi connectivity index (χ2n) is 8.30. The molecular formula is C20H28F2N2O4S. The molecule has 1 aromatic carbocycles. The first kappa shape index (κ1) is 21.0. The molecule has 162 valence electrons. The Balaban J connectivity index is 1.36. The van der Waals surface area contributed by atoms with Crippen LogP contribution in [-0.2, 0) is 14.8 Å². The van der Waals surface area contributed by atoms with Crippen LogP contribution in [-0.4, -0.2) is 69.7 Å². The van der Waals surface area contributed by atoms with Crippen molar-refractivity contribution in [2.24, 2.45) is 5.41 Å². The molecule has 2 heterocycles. The maximum absolute atomic E-state index is 13.0. The van der Waals surface area contributed by atoms with Crippen LogP contribution in [0.4, 0.5) is 8.78 Å². The van der Waals surface area contributed by atoms with Gasteiger partial charge in [0, 0.05) is 32.2 Å². The Kier molecular flexibility index (Phi) is 6.11. The molecule has 0 amide bonds. The number of morpholine rings is 1. The molecule has 0 N–H and O–H groups in total. The third kappa shape index (κ3) is 4.57. The summed E-state index contributed by atoms with van der Waals surface area (Å²) in [6.45, 7) is 1.68. The molecule has 3 aliphatic rings. The predicted molar refractivity (Wildman–Crippen MR) is 104 cm³/mol. The summed E-state index contributed by atoms with van der Waals surface area (Å²) in [6.07, 6.45) is 5.22. The second-order valence-corrected chi connectivity index (χ2v) is 10.2. The van der Waals surface area contributed by atoms with Gasteiger partial charge in [0.2, 0.25) is 10.0 Å². The van der Waals surface area contributed by atoms with Crippen LogP contribution in [0.2, 0.25) is 0 Å². The van der Waals surface area contributed by atoms with Crippen molar-refractivity contribution in [3.8, 4) is 5.75 Å². The zero-order chi connectivity index (χ0) is 20.5. The average Bonchev–Trinajstić information content (AvgIpc) is 3.12. The minimum atomic E-state index is -3.62. The number of benzene rings is 1. The average molecular weight is 431 g/mol. The van der Waals surface area contributed by atoms with E-state index < -0.39 is 16.6 Å². The van der Waals surface area contributed by atoms with Gasteiger partial charge in [0.05, 0.1) is 18.1 Å². The SMILES string of the molecule is O=S(=O)(c1ccc(OC(F)F)cc1)N1CCC2(CCC(N3CCOCC3)C2)CC1. The first-order valence-electron chi connectivity index (χ1n) is 10.2. The van der Waals surface area contributed by atoms with E-state index in [-0.39, 0.29) is 16.1 Å². The number of rotatable bonds is 5. The summed E-state index contributed by atoms with van der Waals surface area (Å²) in [7, 11) is -3.62. The van der Waals surface area contributed by atoms with Crippen molar-refractivity contribution < 1.29 is 26.7 Å². The van der Waals surface area contributed by atoms with Crippen molar-refractivity contribution in [2.45, 2.75) is 49.7 Å². The van der Waals surface area contributed by atoms with Crippen molar-refractivity contribution in [2.75, 3.05) is 39.4 Å². The number of hydrogen-bond donors (Lipinski definition) is 0. The number of hydrogen-bond acceptors (Lipinski definition) is 5. The van der Waals surface area contributed by atoms with E-state index in [9.17, 15) is 17.2 Å². The molecule has 0 aromatic heterocycles. The van der Waals surface area contributed by atoms with Gasteiger partial charge in [0.25, 0.3) is 0 Å². The van der Waals surface area contributed by atoms with Crippen molar-refractivity contribution in [3.05, 3.63) is 24.3 Å². The molecule has 1 aliphatic carbocycles. The third-order valence-corrected chi connectivity index (χ3v) is 8.62. The topological polar surface area (TPSA) is 59.1 Å². The minimum Gasteiger partial charge on any atom is -0.435 e. The van der Waals surface area contributed by atoms with Crippen LogP contribution in [0.5, 0.6) is 5.75 Å². The summed E-state index contributed by atoms with van der Waals surface area (Å²) in [5, 5.41) is 0. The van der Waals surface area contributed by atoms with Gasteiger partial charge in [-0.2, -0.15) is 13.1 Å². The van der Waals surface area contributed by atoms with E-state index in [2.05, 4.69) is 9.64 Å². The molecule has 1 saturated carbocycles. The number of sulfonamides is 1. The van der Waals surface area contributed by atoms with Crippen LogP contribution in [0.15, 0.2) is 29.2 Å². The molecule has 2 aliphatic heterocycles. The highest BCUT2D eigenvalue weighted by Gasteiger charge is 2.44. The first-order chi connectivity index (χ1) is 13.9. The largest absolute Gasteiger partial charge is 0.435 e. The van der Waals surface area contributed by atoms with Gasteiger partial charge in [-0.3, -0.25) is 4.90 Å². The normalized spacial score (nSPS) is 26.2. The van der Waals surface area contributed by atoms with E-state index in [0.29, 0.717) is 19.1 Å². The van der Waals surface area contributed by atoms with Gasteiger partial charge < -0.3 is 9.47 Å². The maximum atomic E-state index is 13.0. The first-order valence-corrected chi connectivity index (χ1v) is 11.7. The number of ether oxygens (including phenoxy) is 2. The lowest BCUT2D eigenvalue weighted by Crippen LogP contribution is -2.45. The Labute approximate surface area is 170 Å². The van der Waals surface area contributed by atoms with Crippen LogP contribution >= 0.6 is 0 Å². The smallest absolute Gasteiger partial charge is 0.387 e. The van der Waals surface area contributed by atoms with Gasteiger partial charge in [0.15, 0.2) is 0 Å². The van der Waals surface area contributed by atoms with Gasteiger partial charge in [-0.25, -0.2) is 8.42 Å². The van der Waals surface area contributed by atoms with Crippen LogP contribution < -0.4 is 4.74 Å². The summed E-state index contributed by atoms with van der Waals surface area (Å²) < 4.78 is 61.7. The highest BCUT2D eigenvalue weighted by Crippen LogP contribution is 2.48. The molecule has 1 spiro atoms. The Morgan fingerprint density at radius 2 is 1.69 bits per heavy atom. The fourth-order valence-corrected chi connectivity index (χ4v) is 6.47. The van der Waals surface area contributed by atoms with Gasteiger partial charge in [-0.1, -0.05) is 0 Å². The van der Waals surface area contributed by atoms with E-state index in [1.165, 1.54) is 35.0 Å². The zero-order valence-corrected chi connectivity index (χ0v) is 17.3. The minimum absolute atomic E-state index is 0.0448. The number of nitrogens with zero attached hydrogens (tertiary/aromatic N) is 2. The van der Waals surface area contributed by atoms with Crippen molar-refractivity contribution >= 4 is 10.0 Å². The standard InChI is InChI=1S/C20H28F2N2O4S/c21-19(22)28-17-1-3-18(4-2-17)29(25,26)24-9-7-20(8-10-24)6-5-16(15-20)23-11-13-27-14-12-23/h1-4,16,19H,5-15H2. The predicted octanol–water partition coefficient (Wildman–Crippen LogP) is 2.94. The lowest BCUT2D eigenvalue weighted by molar-refractivity contribution is -0.0498. The molecule has 0 radical (unpaired) electrons. The van der Waals surface area contributed by atoms with E-state index in [4.69, 9.17) is 4.74 Å². The Hall–Kier alpha value is -1.29. The quantitative estimate of drug-likeness (QED) is 0.719. The van der Waals surface area contributed by atoms with E-state index in [1.807, 2.05) is 0 Å². The van der Waals surface area contributed by atoms with Crippen molar-refractivity contribution in [1.82, 2.24) is 9.21 Å². The highest BCUT2D eigenvalue weighted by molar-refractivity contribution is 7.89. The van der Waals surface area contributed by atoms with Crippen LogP contribution in [0.1, 0.15) is 32.1 Å². The van der Waals surface area contributed by atoms with Crippen LogP contribution in [0, 0.1) is 5.41 Å². The summed E-state index contributed by atoms with van der Waals surface area (Å²) in [6, 6.07) is 5.80. The monoisotopic (exact) mass is 430 g/mol. The maximum Gasteiger partial charge on any atom is 0.387 e. The Morgan fingerprint density at radius 3 is 2.31 bits per heavy atom. The zero-order valence-electron chi connectivity index (χ0n) is 16.4. The fraction of sp³-hybridized carbons (Fsp3) is 0.700. The van der Waals surface area contributed by atoms with Gasteiger partial charge in [0.1, 0.15) is 5.75 Å². The van der Waals surface area contributed by atoms with Gasteiger partial charge in [-0.05, 0) is 61.8 Å². The summed E-state index contributed by atoms with van der Waals surface area (Å²) >= 11 is 0. The molecule has 1 unspecified atom stereocenters. The fourth-order valence-electron chi connectivity index (χ4n) is 5.03. The van der Waals surface area contributed by atoms with Gasteiger partial charge >= 0.3 is 6.61 Å². The van der Waals surface area contributed by atoms with Gasteiger partial charge in [-0.15, -0.1) is 0 Å². The molecule has 2 saturated heterocycles. The summed E-state index contributed by atoms with van der Waals surface area (Å²) in [5.74, 6) is -0.0448. The number of alkyl halides is 2. The molecule has 9 heteroatoms. The van der Waals surface area contributed by atoms with Crippen molar-refractivity contribution in [1.29, 1.82) is 0 Å². The Morgan fingerprint density at radius 1 is 1.03 bits per heavy atom. The lowest BCUT2D eigenvalue weighted by atomic mass is 9.77. The molecule has 4 rings (SSSR count). The van der Waals surface area contributed by atoms with Crippen LogP contribution in [0.25, 0.3) is 0 Å². The van der Waals surface area contributed by atoms with E-state index >= 15 is 0 Å². The molecule has 0 bridgehead atoms. The lowest BCUT2D eigenvalue weighted by Gasteiger charge is -2.40. The second kappa shape index (κ2) is 8.45. The molecule has 1 aromatic rings. The molecule has 1 atom stereocenters. The Bertz CT molecular complexity index is 789. The summed E-state index contributed by atoms with van der Waals surface area (Å²) in [4.78, 5) is 2.65. The number of piperidine rings is 1. The van der Waals surface area contributed by atoms with Crippen LogP contribution in [0.3, 0.4) is 0 Å². The highest BCUT2D eigenvalue weighted by atomic mass is 32.2. The molecular weight excluding hydrogens is 402 g/mol. The molecule has 3 fully saturated rings. The molecule has 29 heavy (non-hydrogen) atoms.